The van der Waals surface area contributed by atoms with Gasteiger partial charge in [-0.2, -0.15) is 4.99 Å². The summed E-state index contributed by atoms with van der Waals surface area (Å²) >= 11 is 1.42. The first-order chi connectivity index (χ1) is 14.1. The van der Waals surface area contributed by atoms with Crippen LogP contribution in [-0.2, 0) is 6.54 Å². The summed E-state index contributed by atoms with van der Waals surface area (Å²) in [4.78, 5) is 22.3. The van der Waals surface area contributed by atoms with Crippen LogP contribution in [0.2, 0.25) is 0 Å². The summed E-state index contributed by atoms with van der Waals surface area (Å²) in [6.45, 7) is 4.72. The Morgan fingerprint density at radius 1 is 1.28 bits per heavy atom. The van der Waals surface area contributed by atoms with E-state index >= 15 is 0 Å². The van der Waals surface area contributed by atoms with Crippen molar-refractivity contribution < 1.29 is 9.53 Å². The van der Waals surface area contributed by atoms with Crippen LogP contribution < -0.4 is 9.54 Å². The molecular formula is C23H19N3O2S. The molecule has 0 saturated carbocycles. The molecule has 4 rings (SSSR count). The molecule has 144 valence electrons. The van der Waals surface area contributed by atoms with Crippen LogP contribution in [0.3, 0.4) is 0 Å². The van der Waals surface area contributed by atoms with Crippen LogP contribution in [0.1, 0.15) is 23.0 Å². The second-order valence-electron chi connectivity index (χ2n) is 6.49. The number of carbonyl (C=O) groups is 1. The lowest BCUT2D eigenvalue weighted by molar-refractivity contribution is 0.0998. The van der Waals surface area contributed by atoms with E-state index < -0.39 is 0 Å². The third-order valence-electron chi connectivity index (χ3n) is 4.49. The lowest BCUT2D eigenvalue weighted by Gasteiger charge is -2.07. The fraction of sp³-hybridized carbons (Fsp3) is 0.174. The molecule has 0 aliphatic carbocycles. The lowest BCUT2D eigenvalue weighted by Crippen LogP contribution is -2.17. The third-order valence-corrected chi connectivity index (χ3v) is 5.53. The van der Waals surface area contributed by atoms with E-state index in [1.54, 1.807) is 6.07 Å². The van der Waals surface area contributed by atoms with Gasteiger partial charge in [-0.15, -0.1) is 6.42 Å². The van der Waals surface area contributed by atoms with E-state index in [1.807, 2.05) is 60.9 Å². The average Bonchev–Trinajstić information content (AvgIpc) is 3.06. The normalized spacial score (nSPS) is 11.7. The summed E-state index contributed by atoms with van der Waals surface area (Å²) in [6.07, 6.45) is 5.58. The van der Waals surface area contributed by atoms with Gasteiger partial charge in [0.05, 0.1) is 23.4 Å². The summed E-state index contributed by atoms with van der Waals surface area (Å²) in [5, 5.41) is 0.906. The topological polar surface area (TPSA) is 56.5 Å². The molecule has 2 aromatic heterocycles. The molecule has 2 aromatic carbocycles. The number of aromatic nitrogens is 2. The Balaban J connectivity index is 1.84. The highest BCUT2D eigenvalue weighted by Crippen LogP contribution is 2.27. The van der Waals surface area contributed by atoms with Crippen molar-refractivity contribution in [3.63, 3.8) is 0 Å². The maximum absolute atomic E-state index is 12.9. The predicted molar refractivity (Wildman–Crippen MR) is 116 cm³/mol. The highest BCUT2D eigenvalue weighted by Gasteiger charge is 2.13. The number of aryl methyl sites for hydroxylation is 1. The number of benzene rings is 2. The van der Waals surface area contributed by atoms with Gasteiger partial charge in [-0.25, -0.2) is 0 Å². The van der Waals surface area contributed by atoms with Crippen LogP contribution in [0.25, 0.3) is 21.1 Å². The molecule has 0 aliphatic heterocycles. The zero-order valence-electron chi connectivity index (χ0n) is 16.2. The number of amides is 1. The zero-order chi connectivity index (χ0) is 20.4. The number of hydrogen-bond acceptors (Lipinski definition) is 4. The molecule has 1 amide bonds. The van der Waals surface area contributed by atoms with Gasteiger partial charge in [-0.1, -0.05) is 29.4 Å². The summed E-state index contributed by atoms with van der Waals surface area (Å²) in [5.41, 5.74) is 3.17. The molecule has 0 aliphatic rings. The molecule has 5 nitrogen and oxygen atoms in total. The molecule has 0 saturated heterocycles. The summed E-state index contributed by atoms with van der Waals surface area (Å²) in [6, 6.07) is 15.1. The molecule has 4 aromatic rings. The van der Waals surface area contributed by atoms with Crippen LogP contribution in [0.15, 0.2) is 53.5 Å². The van der Waals surface area contributed by atoms with Crippen LogP contribution in [0.4, 0.5) is 0 Å². The van der Waals surface area contributed by atoms with Crippen molar-refractivity contribution in [3.05, 3.63) is 64.6 Å². The van der Waals surface area contributed by atoms with Crippen LogP contribution >= 0.6 is 11.3 Å². The van der Waals surface area contributed by atoms with E-state index in [0.29, 0.717) is 23.5 Å². The smallest absolute Gasteiger partial charge is 0.279 e. The molecule has 0 N–H and O–H groups in total. The molecule has 0 bridgehead atoms. The molecular weight excluding hydrogens is 382 g/mol. The van der Waals surface area contributed by atoms with Crippen LogP contribution in [0.5, 0.6) is 5.75 Å². The first kappa shape index (κ1) is 18.9. The van der Waals surface area contributed by atoms with Gasteiger partial charge in [-0.3, -0.25) is 9.78 Å². The van der Waals surface area contributed by atoms with E-state index in [2.05, 4.69) is 15.9 Å². The SMILES string of the molecule is C#CCn1c(=NC(=O)c2ccc3nc(C)ccc3c2)sc2cccc(OCC)c21. The number of carbonyl (C=O) groups excluding carboxylic acids is 1. The van der Waals surface area contributed by atoms with Crippen molar-refractivity contribution in [2.45, 2.75) is 20.4 Å². The van der Waals surface area contributed by atoms with E-state index in [1.165, 1.54) is 11.3 Å². The Morgan fingerprint density at radius 2 is 2.14 bits per heavy atom. The van der Waals surface area contributed by atoms with Crippen molar-refractivity contribution in [2.75, 3.05) is 6.61 Å². The van der Waals surface area contributed by atoms with Crippen molar-refractivity contribution in [3.8, 4) is 18.1 Å². The number of hydrogen-bond donors (Lipinski definition) is 0. The molecule has 0 fully saturated rings. The summed E-state index contributed by atoms with van der Waals surface area (Å²) in [5.74, 6) is 3.07. The Hall–Kier alpha value is -3.43. The number of rotatable bonds is 4. The fourth-order valence-corrected chi connectivity index (χ4v) is 4.25. The van der Waals surface area contributed by atoms with E-state index in [4.69, 9.17) is 11.2 Å². The highest BCUT2D eigenvalue weighted by molar-refractivity contribution is 7.16. The maximum atomic E-state index is 12.9. The first-order valence-electron chi connectivity index (χ1n) is 9.26. The van der Waals surface area contributed by atoms with Gasteiger partial charge >= 0.3 is 0 Å². The molecule has 29 heavy (non-hydrogen) atoms. The van der Waals surface area contributed by atoms with Crippen molar-refractivity contribution in [2.24, 2.45) is 4.99 Å². The third kappa shape index (κ3) is 3.65. The predicted octanol–water partition coefficient (Wildman–Crippen LogP) is 4.33. The maximum Gasteiger partial charge on any atom is 0.279 e. The number of fused-ring (bicyclic) bond motifs is 2. The Labute approximate surface area is 172 Å². The Morgan fingerprint density at radius 3 is 2.93 bits per heavy atom. The zero-order valence-corrected chi connectivity index (χ0v) is 17.0. The van der Waals surface area contributed by atoms with E-state index in [9.17, 15) is 4.79 Å². The molecule has 0 unspecified atom stereocenters. The van der Waals surface area contributed by atoms with Gasteiger partial charge in [0.2, 0.25) is 0 Å². The molecule has 0 radical (unpaired) electrons. The van der Waals surface area contributed by atoms with E-state index in [0.717, 1.165) is 32.6 Å². The summed E-state index contributed by atoms with van der Waals surface area (Å²) < 4.78 is 8.58. The number of para-hydroxylation sites is 1. The minimum Gasteiger partial charge on any atom is -0.492 e. The molecule has 0 spiro atoms. The highest BCUT2D eigenvalue weighted by atomic mass is 32.1. The first-order valence-corrected chi connectivity index (χ1v) is 10.1. The van der Waals surface area contributed by atoms with Gasteiger partial charge in [0.25, 0.3) is 5.91 Å². The van der Waals surface area contributed by atoms with Gasteiger partial charge in [0.1, 0.15) is 11.3 Å². The lowest BCUT2D eigenvalue weighted by atomic mass is 10.1. The Bertz CT molecular complexity index is 1340. The second-order valence-corrected chi connectivity index (χ2v) is 7.50. The quantitative estimate of drug-likeness (QED) is 0.478. The standard InChI is InChI=1S/C23H19N3O2S/c1-4-13-26-21-19(28-5-2)7-6-8-20(21)29-23(26)25-22(27)17-11-12-18-16(14-17)10-9-15(3)24-18/h1,6-12,14H,5,13H2,2-3H3. The van der Waals surface area contributed by atoms with Crippen LogP contribution in [-0.4, -0.2) is 22.1 Å². The average molecular weight is 401 g/mol. The van der Waals surface area contributed by atoms with Gasteiger partial charge in [-0.05, 0) is 50.2 Å². The molecule has 2 heterocycles. The second kappa shape index (κ2) is 7.90. The summed E-state index contributed by atoms with van der Waals surface area (Å²) in [7, 11) is 0. The minimum absolute atomic E-state index is 0.303. The molecule has 6 heteroatoms. The van der Waals surface area contributed by atoms with Crippen molar-refractivity contribution >= 4 is 38.4 Å². The van der Waals surface area contributed by atoms with Crippen molar-refractivity contribution in [1.82, 2.24) is 9.55 Å². The monoisotopic (exact) mass is 401 g/mol. The van der Waals surface area contributed by atoms with Crippen molar-refractivity contribution in [1.29, 1.82) is 0 Å². The number of terminal acetylenes is 1. The van der Waals surface area contributed by atoms with Crippen LogP contribution in [0, 0.1) is 19.3 Å². The number of thiazole rings is 1. The Kier molecular flexibility index (Phi) is 5.15. The number of nitrogens with zero attached hydrogens (tertiary/aromatic N) is 3. The number of pyridine rings is 1. The molecule has 0 atom stereocenters. The van der Waals surface area contributed by atoms with Gasteiger partial charge in [0.15, 0.2) is 4.80 Å². The largest absolute Gasteiger partial charge is 0.492 e. The fourth-order valence-electron chi connectivity index (χ4n) is 3.20. The van der Waals surface area contributed by atoms with E-state index in [-0.39, 0.29) is 5.91 Å². The minimum atomic E-state index is -0.317. The number of ether oxygens (including phenoxy) is 1. The van der Waals surface area contributed by atoms with Gasteiger partial charge < -0.3 is 9.30 Å². The van der Waals surface area contributed by atoms with Gasteiger partial charge in [0, 0.05) is 16.6 Å².